The van der Waals surface area contributed by atoms with Crippen molar-refractivity contribution in [2.24, 2.45) is 0 Å². The summed E-state index contributed by atoms with van der Waals surface area (Å²) in [6.07, 6.45) is 0.799. The van der Waals surface area contributed by atoms with Crippen LogP contribution in [-0.4, -0.2) is 99.1 Å². The van der Waals surface area contributed by atoms with Crippen LogP contribution >= 0.6 is 0 Å². The molecule has 0 aliphatic heterocycles. The summed E-state index contributed by atoms with van der Waals surface area (Å²) >= 11 is 0. The van der Waals surface area contributed by atoms with Gasteiger partial charge in [-0.1, -0.05) is 13.2 Å². The van der Waals surface area contributed by atoms with E-state index in [0.29, 0.717) is 0 Å². The number of carbonyl (C=O) groups excluding carboxylic acids is 4. The van der Waals surface area contributed by atoms with E-state index in [-0.39, 0.29) is 46.2 Å². The van der Waals surface area contributed by atoms with Crippen LogP contribution in [-0.2, 0) is 38.0 Å². The highest BCUT2D eigenvalue weighted by Crippen LogP contribution is 2.28. The van der Waals surface area contributed by atoms with Crippen LogP contribution in [0.3, 0.4) is 0 Å². The molecular formula is C23H38N2O10. The van der Waals surface area contributed by atoms with Crippen molar-refractivity contribution in [3.63, 3.8) is 0 Å². The molecule has 0 rings (SSSR count). The Hall–Kier alpha value is -3.12. The molecule has 0 N–H and O–H groups in total. The van der Waals surface area contributed by atoms with E-state index in [1.165, 1.54) is 24.0 Å². The van der Waals surface area contributed by atoms with Crippen molar-refractivity contribution in [1.82, 2.24) is 9.80 Å². The third kappa shape index (κ3) is 14.0. The zero-order chi connectivity index (χ0) is 27.1. The Labute approximate surface area is 206 Å². The Balaban J connectivity index is 5.03. The number of nitrogens with zero attached hydrogens (tertiary/aromatic N) is 2. The van der Waals surface area contributed by atoms with E-state index in [4.69, 9.17) is 28.4 Å². The number of esters is 2. The molecule has 200 valence electrons. The first-order valence-electron chi connectivity index (χ1n) is 10.8. The van der Waals surface area contributed by atoms with Crippen LogP contribution in [0, 0.1) is 0 Å². The highest BCUT2D eigenvalue weighted by molar-refractivity contribution is 5.81. The van der Waals surface area contributed by atoms with Gasteiger partial charge < -0.3 is 28.4 Å². The highest BCUT2D eigenvalue weighted by Gasteiger charge is 2.36. The fourth-order valence-electron chi connectivity index (χ4n) is 3.06. The lowest BCUT2D eigenvalue weighted by Crippen LogP contribution is -2.46. The van der Waals surface area contributed by atoms with E-state index in [9.17, 15) is 19.2 Å². The zero-order valence-corrected chi connectivity index (χ0v) is 21.5. The summed E-state index contributed by atoms with van der Waals surface area (Å²) in [5, 5.41) is 0. The molecule has 0 aromatic heterocycles. The molecule has 0 heterocycles. The third-order valence-electron chi connectivity index (χ3n) is 4.21. The van der Waals surface area contributed by atoms with Gasteiger partial charge in [-0.05, 0) is 27.7 Å². The number of hydrogen-bond acceptors (Lipinski definition) is 10. The van der Waals surface area contributed by atoms with Crippen molar-refractivity contribution < 1.29 is 47.6 Å². The maximum absolute atomic E-state index is 12.7. The molecule has 0 saturated carbocycles. The molecule has 0 aromatic rings. The fraction of sp³-hybridized carbons (Fsp3) is 0.652. The van der Waals surface area contributed by atoms with E-state index in [1.54, 1.807) is 27.7 Å². The summed E-state index contributed by atoms with van der Waals surface area (Å²) in [5.74, 6) is -1.22. The van der Waals surface area contributed by atoms with E-state index in [2.05, 4.69) is 13.2 Å². The summed E-state index contributed by atoms with van der Waals surface area (Å²) in [6.45, 7) is 13.1. The second-order valence-corrected chi connectivity index (χ2v) is 8.54. The molecular weight excluding hydrogens is 464 g/mol. The monoisotopic (exact) mass is 502 g/mol. The molecule has 35 heavy (non-hydrogen) atoms. The van der Waals surface area contributed by atoms with Crippen LogP contribution in [0.5, 0.6) is 0 Å². The van der Waals surface area contributed by atoms with E-state index in [1.807, 2.05) is 0 Å². The highest BCUT2D eigenvalue weighted by atomic mass is 16.6. The lowest BCUT2D eigenvalue weighted by molar-refractivity contribution is -0.139. The van der Waals surface area contributed by atoms with Crippen LogP contribution in [0.15, 0.2) is 25.3 Å². The Morgan fingerprint density at radius 1 is 0.714 bits per heavy atom. The summed E-state index contributed by atoms with van der Waals surface area (Å²) in [7, 11) is 2.82. The molecule has 0 spiro atoms. The van der Waals surface area contributed by atoms with Crippen molar-refractivity contribution in [2.75, 3.05) is 54.0 Å². The third-order valence-corrected chi connectivity index (χ3v) is 4.21. The summed E-state index contributed by atoms with van der Waals surface area (Å²) in [6, 6.07) is 0. The average Bonchev–Trinajstić information content (AvgIpc) is 2.75. The second kappa shape index (κ2) is 15.7. The second-order valence-electron chi connectivity index (χ2n) is 8.54. The van der Waals surface area contributed by atoms with Gasteiger partial charge in [0, 0.05) is 32.8 Å². The lowest BCUT2D eigenvalue weighted by atomic mass is 9.92. The minimum Gasteiger partial charge on any atom is -0.461 e. The van der Waals surface area contributed by atoms with Gasteiger partial charge in [0.25, 0.3) is 0 Å². The minimum atomic E-state index is -1.05. The van der Waals surface area contributed by atoms with Gasteiger partial charge in [0.05, 0.1) is 13.1 Å². The van der Waals surface area contributed by atoms with E-state index in [0.717, 1.165) is 12.2 Å². The van der Waals surface area contributed by atoms with E-state index >= 15 is 0 Å². The summed E-state index contributed by atoms with van der Waals surface area (Å²) in [4.78, 5) is 50.2. The van der Waals surface area contributed by atoms with Crippen LogP contribution in [0.25, 0.3) is 0 Å². The van der Waals surface area contributed by atoms with E-state index < -0.39 is 35.3 Å². The van der Waals surface area contributed by atoms with Crippen molar-refractivity contribution in [1.29, 1.82) is 0 Å². The lowest BCUT2D eigenvalue weighted by Gasteiger charge is -2.36. The van der Waals surface area contributed by atoms with Crippen LogP contribution in [0.1, 0.15) is 34.1 Å². The molecule has 12 heteroatoms. The Bertz CT molecular complexity index is 676. The summed E-state index contributed by atoms with van der Waals surface area (Å²) in [5.41, 5.74) is -2.09. The van der Waals surface area contributed by atoms with Crippen molar-refractivity contribution in [3.8, 4) is 0 Å². The molecule has 2 amide bonds. The van der Waals surface area contributed by atoms with Gasteiger partial charge in [0.2, 0.25) is 0 Å². The SMILES string of the molecule is C=CC(=O)OCCN(COC)C(=O)OC(C)(C)CC(C)(C)OC(=O)N(CCOC(=O)C=C)COC. The Morgan fingerprint density at radius 3 is 1.34 bits per heavy atom. The van der Waals surface area contributed by atoms with Gasteiger partial charge in [0.1, 0.15) is 37.9 Å². The average molecular weight is 503 g/mol. The molecule has 0 radical (unpaired) electrons. The molecule has 0 aromatic carbocycles. The van der Waals surface area contributed by atoms with Gasteiger partial charge in [-0.2, -0.15) is 0 Å². The smallest absolute Gasteiger partial charge is 0.412 e. The normalized spacial score (nSPS) is 11.1. The minimum absolute atomic E-state index is 0.0448. The van der Waals surface area contributed by atoms with Crippen LogP contribution in [0.4, 0.5) is 9.59 Å². The molecule has 12 nitrogen and oxygen atoms in total. The largest absolute Gasteiger partial charge is 0.461 e. The van der Waals surface area contributed by atoms with Crippen LogP contribution < -0.4 is 0 Å². The van der Waals surface area contributed by atoms with Crippen molar-refractivity contribution >= 4 is 24.1 Å². The maximum Gasteiger partial charge on any atom is 0.412 e. The topological polar surface area (TPSA) is 130 Å². The Morgan fingerprint density at radius 2 is 1.06 bits per heavy atom. The van der Waals surface area contributed by atoms with Gasteiger partial charge in [-0.3, -0.25) is 9.80 Å². The molecule has 0 aliphatic rings. The molecule has 0 saturated heterocycles. The quantitative estimate of drug-likeness (QED) is 0.134. The van der Waals surface area contributed by atoms with Gasteiger partial charge >= 0.3 is 24.1 Å². The fourth-order valence-corrected chi connectivity index (χ4v) is 3.06. The first-order chi connectivity index (χ1) is 16.3. The predicted molar refractivity (Wildman–Crippen MR) is 125 cm³/mol. The molecule has 0 bridgehead atoms. The molecule has 0 atom stereocenters. The standard InChI is InChI=1S/C23H38N2O10/c1-9-18(26)32-13-11-24(16-30-7)20(28)34-22(3,4)15-23(5,6)35-21(29)25(17-31-8)12-14-33-19(27)10-2/h9-10H,1-2,11-17H2,3-8H3. The molecule has 0 aliphatic carbocycles. The first-order valence-corrected chi connectivity index (χ1v) is 10.8. The molecule has 0 unspecified atom stereocenters. The number of hydrogen-bond donors (Lipinski definition) is 0. The van der Waals surface area contributed by atoms with Gasteiger partial charge in [-0.25, -0.2) is 19.2 Å². The first kappa shape index (κ1) is 31.9. The Kier molecular flexibility index (Phi) is 14.3. The number of amides is 2. The van der Waals surface area contributed by atoms with Gasteiger partial charge in [-0.15, -0.1) is 0 Å². The van der Waals surface area contributed by atoms with Crippen molar-refractivity contribution in [3.05, 3.63) is 25.3 Å². The predicted octanol–water partition coefficient (Wildman–Crippen LogP) is 2.48. The summed E-state index contributed by atoms with van der Waals surface area (Å²) < 4.78 is 31.1. The van der Waals surface area contributed by atoms with Crippen molar-refractivity contribution in [2.45, 2.75) is 45.3 Å². The van der Waals surface area contributed by atoms with Crippen LogP contribution in [0.2, 0.25) is 0 Å². The number of rotatable bonds is 16. The number of methoxy groups -OCH3 is 2. The van der Waals surface area contributed by atoms with Gasteiger partial charge in [0.15, 0.2) is 0 Å². The maximum atomic E-state index is 12.7. The number of ether oxygens (including phenoxy) is 6. The zero-order valence-electron chi connectivity index (χ0n) is 21.5. The number of carbonyl (C=O) groups is 4. The molecule has 0 fully saturated rings.